The van der Waals surface area contributed by atoms with Crippen molar-refractivity contribution in [3.05, 3.63) is 117 Å². The van der Waals surface area contributed by atoms with Crippen LogP contribution in [0.4, 0.5) is 13.6 Å². The van der Waals surface area contributed by atoms with Crippen molar-refractivity contribution in [1.82, 2.24) is 30.0 Å². The van der Waals surface area contributed by atoms with Crippen LogP contribution in [0.1, 0.15) is 62.2 Å². The van der Waals surface area contributed by atoms with E-state index in [1.54, 1.807) is 36.5 Å². The highest BCUT2D eigenvalue weighted by molar-refractivity contribution is 9.10. The number of aliphatic hydroxyl groups is 1. The summed E-state index contributed by atoms with van der Waals surface area (Å²) in [7, 11) is 0. The van der Waals surface area contributed by atoms with Gasteiger partial charge in [-0.05, 0) is 74.8 Å². The molecular formula is C36H33BrClF2N7O4. The molecule has 264 valence electrons. The van der Waals surface area contributed by atoms with Crippen molar-refractivity contribution in [2.75, 3.05) is 6.61 Å². The Labute approximate surface area is 305 Å². The lowest BCUT2D eigenvalue weighted by molar-refractivity contribution is -0.135. The van der Waals surface area contributed by atoms with Gasteiger partial charge in [0.2, 0.25) is 5.96 Å². The maximum atomic E-state index is 15.1. The Bertz CT molecular complexity index is 2130. The Morgan fingerprint density at radius 3 is 2.55 bits per heavy atom. The number of hydrogen-bond donors (Lipinski definition) is 2. The third-order valence-corrected chi connectivity index (χ3v) is 9.03. The van der Waals surface area contributed by atoms with E-state index in [9.17, 15) is 18.7 Å². The first-order chi connectivity index (χ1) is 24.3. The van der Waals surface area contributed by atoms with Gasteiger partial charge in [-0.3, -0.25) is 20.0 Å². The van der Waals surface area contributed by atoms with Gasteiger partial charge in [-0.15, -0.1) is 0 Å². The topological polar surface area (TPSA) is 135 Å². The molecule has 1 aliphatic heterocycles. The Morgan fingerprint density at radius 1 is 1.08 bits per heavy atom. The summed E-state index contributed by atoms with van der Waals surface area (Å²) in [6.45, 7) is 5.20. The van der Waals surface area contributed by atoms with Crippen molar-refractivity contribution in [2.45, 2.75) is 51.8 Å². The Hall–Kier alpha value is -4.79. The first-order valence-electron chi connectivity index (χ1n) is 15.9. The lowest BCUT2D eigenvalue weighted by Gasteiger charge is -2.34. The number of carbonyl (C=O) groups is 2. The van der Waals surface area contributed by atoms with E-state index in [4.69, 9.17) is 21.3 Å². The van der Waals surface area contributed by atoms with Crippen LogP contribution in [0.5, 0.6) is 0 Å². The minimum atomic E-state index is -2.96. The second-order valence-corrected chi connectivity index (χ2v) is 14.5. The number of nitrogens with zero attached hydrogens (tertiary/aromatic N) is 6. The molecule has 2 atom stereocenters. The van der Waals surface area contributed by atoms with Crippen molar-refractivity contribution in [3.8, 4) is 5.69 Å². The van der Waals surface area contributed by atoms with Crippen LogP contribution in [0.2, 0.25) is 5.02 Å². The predicted octanol–water partition coefficient (Wildman–Crippen LogP) is 7.66. The molecule has 0 aliphatic carbocycles. The second kappa shape index (κ2) is 14.4. The molecule has 0 spiro atoms. The maximum Gasteiger partial charge on any atom is 0.414 e. The maximum absolute atomic E-state index is 15.1. The van der Waals surface area contributed by atoms with Crippen molar-refractivity contribution >= 4 is 56.4 Å². The number of ether oxygens (including phenoxy) is 1. The number of hydrogen-bond acceptors (Lipinski definition) is 8. The van der Waals surface area contributed by atoms with Crippen LogP contribution < -0.4 is 5.32 Å². The van der Waals surface area contributed by atoms with Crippen LogP contribution >= 0.6 is 27.5 Å². The lowest BCUT2D eigenvalue weighted by Crippen LogP contribution is -2.49. The van der Waals surface area contributed by atoms with Crippen LogP contribution in [-0.4, -0.2) is 54.3 Å². The summed E-state index contributed by atoms with van der Waals surface area (Å²) < 4.78 is 34.8. The molecule has 0 saturated carbocycles. The zero-order chi connectivity index (χ0) is 36.5. The van der Waals surface area contributed by atoms with E-state index in [0.717, 1.165) is 26.4 Å². The number of guanidine groups is 1. The molecule has 51 heavy (non-hydrogen) atoms. The second-order valence-electron chi connectivity index (χ2n) is 13.2. The van der Waals surface area contributed by atoms with Gasteiger partial charge in [0.25, 0.3) is 12.3 Å². The lowest BCUT2D eigenvalue weighted by atomic mass is 9.75. The molecule has 11 nitrogen and oxygen atoms in total. The van der Waals surface area contributed by atoms with E-state index in [1.165, 1.54) is 17.0 Å². The van der Waals surface area contributed by atoms with Crippen LogP contribution in [-0.2, 0) is 21.7 Å². The number of fused-ring (bicyclic) bond motifs is 1. The van der Waals surface area contributed by atoms with E-state index in [1.807, 2.05) is 51.1 Å². The number of aliphatic hydroxyl groups excluding tert-OH is 1. The summed E-state index contributed by atoms with van der Waals surface area (Å²) in [5.41, 5.74) is 0.270. The summed E-state index contributed by atoms with van der Waals surface area (Å²) in [5.74, 6) is -1.35. The van der Waals surface area contributed by atoms with Gasteiger partial charge < -0.3 is 9.84 Å². The third-order valence-electron chi connectivity index (χ3n) is 8.27. The number of nitrogens with one attached hydrogen (secondary N) is 1. The molecule has 0 unspecified atom stereocenters. The number of halogens is 4. The van der Waals surface area contributed by atoms with Crippen molar-refractivity contribution < 1.29 is 28.2 Å². The molecule has 0 fully saturated rings. The predicted molar refractivity (Wildman–Crippen MR) is 190 cm³/mol. The Morgan fingerprint density at radius 2 is 1.84 bits per heavy atom. The number of alkyl carbamates (subject to hydrolysis) is 1. The Balaban J connectivity index is 1.48. The van der Waals surface area contributed by atoms with Gasteiger partial charge >= 0.3 is 6.09 Å². The molecule has 3 heterocycles. The molecule has 5 aromatic rings. The quantitative estimate of drug-likeness (QED) is 0.157. The number of aliphatic imine (C=N–C) groups is 1. The molecule has 3 aromatic carbocycles. The molecule has 0 saturated heterocycles. The van der Waals surface area contributed by atoms with Crippen LogP contribution in [0, 0.1) is 5.41 Å². The zero-order valence-corrected chi connectivity index (χ0v) is 30.1. The molecule has 0 radical (unpaired) electrons. The van der Waals surface area contributed by atoms with Gasteiger partial charge in [0, 0.05) is 16.1 Å². The van der Waals surface area contributed by atoms with Gasteiger partial charge in [0.1, 0.15) is 12.9 Å². The molecule has 2 aromatic heterocycles. The normalized spacial score (nSPS) is 16.8. The van der Waals surface area contributed by atoms with E-state index < -0.39 is 47.9 Å². The number of carbonyl (C=O) groups excluding carboxylic acids is 2. The summed E-state index contributed by atoms with van der Waals surface area (Å²) in [6.07, 6.45) is -0.987. The van der Waals surface area contributed by atoms with Crippen molar-refractivity contribution in [1.29, 1.82) is 0 Å². The first-order valence-corrected chi connectivity index (χ1v) is 17.0. The van der Waals surface area contributed by atoms with Gasteiger partial charge in [0.05, 0.1) is 28.9 Å². The van der Waals surface area contributed by atoms with Gasteiger partial charge in [-0.25, -0.2) is 28.2 Å². The molecule has 6 rings (SSSR count). The average molecular weight is 781 g/mol. The molecule has 2 amide bonds. The largest absolute Gasteiger partial charge is 0.444 e. The van der Waals surface area contributed by atoms with Crippen LogP contribution in [0.3, 0.4) is 0 Å². The fourth-order valence-electron chi connectivity index (χ4n) is 6.16. The Kier molecular flexibility index (Phi) is 10.2. The average Bonchev–Trinajstić information content (AvgIpc) is 3.68. The minimum absolute atomic E-state index is 0.0503. The smallest absolute Gasteiger partial charge is 0.414 e. The summed E-state index contributed by atoms with van der Waals surface area (Å²) in [5, 5.41) is 18.4. The zero-order valence-electron chi connectivity index (χ0n) is 27.7. The van der Waals surface area contributed by atoms with E-state index >= 15 is 4.79 Å². The summed E-state index contributed by atoms with van der Waals surface area (Å²) in [6, 6.07) is 19.6. The molecule has 1 aliphatic rings. The standard InChI is InChI=1S/C36H33BrClF2N7O4/c1-35(2,3)19-36(24-10-12-27-23(13-24)14-25(37)16-41-27)32(49)46(33(45-36)44-34(50)51-18-21-7-5-4-6-8-21)29(17-48)22-9-11-26(38)28(15-22)47-31(30(39)40)42-20-43-47/h4-16,20,29-30,48H,17-19H2,1-3H3,(H,44,45,50)/t29-,36-/m1/s1. The van der Waals surface area contributed by atoms with E-state index in [0.29, 0.717) is 16.6 Å². The highest BCUT2D eigenvalue weighted by Gasteiger charge is 2.54. The number of alkyl halides is 2. The summed E-state index contributed by atoms with van der Waals surface area (Å²) in [4.78, 5) is 42.7. The molecule has 0 bridgehead atoms. The number of rotatable bonds is 9. The molecular weight excluding hydrogens is 748 g/mol. The number of amides is 2. The van der Waals surface area contributed by atoms with E-state index in [-0.39, 0.29) is 29.7 Å². The van der Waals surface area contributed by atoms with Crippen molar-refractivity contribution in [3.63, 3.8) is 0 Å². The number of pyridine rings is 1. The van der Waals surface area contributed by atoms with E-state index in [2.05, 4.69) is 36.3 Å². The van der Waals surface area contributed by atoms with Gasteiger partial charge in [-0.1, -0.05) is 74.8 Å². The third kappa shape index (κ3) is 7.48. The van der Waals surface area contributed by atoms with Gasteiger partial charge in [-0.2, -0.15) is 5.10 Å². The first kappa shape index (κ1) is 36.0. The molecule has 2 N–H and O–H groups in total. The fraction of sp³-hybridized carbons (Fsp3) is 0.278. The summed E-state index contributed by atoms with van der Waals surface area (Å²) >= 11 is 9.93. The minimum Gasteiger partial charge on any atom is -0.444 e. The van der Waals surface area contributed by atoms with Crippen LogP contribution in [0.25, 0.3) is 16.6 Å². The monoisotopic (exact) mass is 779 g/mol. The number of benzene rings is 3. The van der Waals surface area contributed by atoms with Crippen molar-refractivity contribution in [2.24, 2.45) is 10.4 Å². The number of aromatic nitrogens is 4. The SMILES string of the molecule is CC(C)(C)C[C@]1(c2ccc3ncc(Br)cc3c2)N=C(NC(=O)OCc2ccccc2)N([C@H](CO)c2ccc(Cl)c(-n3ncnc3C(F)F)c2)C1=O. The highest BCUT2D eigenvalue weighted by Crippen LogP contribution is 2.46. The molecule has 15 heteroatoms. The van der Waals surface area contributed by atoms with Crippen LogP contribution in [0.15, 0.2) is 94.8 Å². The van der Waals surface area contributed by atoms with Gasteiger partial charge in [0.15, 0.2) is 11.4 Å². The fourth-order valence-corrected chi connectivity index (χ4v) is 6.71. The highest BCUT2D eigenvalue weighted by atomic mass is 79.9.